The van der Waals surface area contributed by atoms with Gasteiger partial charge in [0.1, 0.15) is 10.7 Å². The Morgan fingerprint density at radius 3 is 2.41 bits per heavy atom. The molecule has 0 aliphatic rings. The molecule has 7 nitrogen and oxygen atoms in total. The van der Waals surface area contributed by atoms with Gasteiger partial charge in [-0.3, -0.25) is 9.59 Å². The van der Waals surface area contributed by atoms with E-state index in [0.29, 0.717) is 38.1 Å². The standard InChI is InChI=1S/C26H18F3N5O2S/c1-14(35)31-25-30-13-22(37-25)24(36)32-19-7-3-5-16(11-19)15-4-2-6-17(10-15)23-33-20-9-8-18(26(27,28)29)12-21(20)34-23/h2-13H,1H3,(H,32,36)(H,33,34)(H,30,31,35). The fourth-order valence-electron chi connectivity index (χ4n) is 3.73. The first-order valence-electron chi connectivity index (χ1n) is 11.0. The van der Waals surface area contributed by atoms with Gasteiger partial charge in [0.05, 0.1) is 22.8 Å². The monoisotopic (exact) mass is 521 g/mol. The van der Waals surface area contributed by atoms with Gasteiger partial charge in [0.2, 0.25) is 5.91 Å². The van der Waals surface area contributed by atoms with Crippen molar-refractivity contribution in [3.8, 4) is 22.5 Å². The van der Waals surface area contributed by atoms with E-state index in [4.69, 9.17) is 0 Å². The highest BCUT2D eigenvalue weighted by atomic mass is 32.1. The Bertz CT molecular complexity index is 1640. The molecule has 2 amide bonds. The van der Waals surface area contributed by atoms with E-state index < -0.39 is 11.7 Å². The first kappa shape index (κ1) is 24.2. The van der Waals surface area contributed by atoms with Crippen molar-refractivity contribution >= 4 is 45.0 Å². The number of fused-ring (bicyclic) bond motifs is 1. The van der Waals surface area contributed by atoms with Crippen LogP contribution in [0.1, 0.15) is 22.2 Å². The molecule has 0 spiro atoms. The van der Waals surface area contributed by atoms with E-state index in [0.717, 1.165) is 34.6 Å². The predicted octanol–water partition coefficient (Wildman–Crippen LogP) is 6.58. The first-order valence-corrected chi connectivity index (χ1v) is 11.8. The number of amides is 2. The van der Waals surface area contributed by atoms with Crippen LogP contribution in [0.4, 0.5) is 24.0 Å². The highest BCUT2D eigenvalue weighted by Crippen LogP contribution is 2.33. The molecule has 0 saturated heterocycles. The number of carbonyl (C=O) groups excluding carboxylic acids is 2. The second-order valence-electron chi connectivity index (χ2n) is 8.14. The molecule has 5 aromatic rings. The smallest absolute Gasteiger partial charge is 0.338 e. The molecule has 2 heterocycles. The Morgan fingerprint density at radius 2 is 1.65 bits per heavy atom. The zero-order valence-corrected chi connectivity index (χ0v) is 20.0. The molecule has 0 aliphatic carbocycles. The molecule has 3 N–H and O–H groups in total. The molecule has 2 aromatic heterocycles. The van der Waals surface area contributed by atoms with Crippen molar-refractivity contribution in [1.29, 1.82) is 0 Å². The quantitative estimate of drug-likeness (QED) is 0.243. The minimum Gasteiger partial charge on any atom is -0.338 e. The van der Waals surface area contributed by atoms with Crippen LogP contribution in [0.25, 0.3) is 33.5 Å². The number of nitrogens with one attached hydrogen (secondary N) is 3. The van der Waals surface area contributed by atoms with Gasteiger partial charge in [-0.1, -0.05) is 41.7 Å². The van der Waals surface area contributed by atoms with Crippen molar-refractivity contribution in [3.05, 3.63) is 83.4 Å². The van der Waals surface area contributed by atoms with Crippen molar-refractivity contribution in [3.63, 3.8) is 0 Å². The summed E-state index contributed by atoms with van der Waals surface area (Å²) >= 11 is 1.06. The number of imidazole rings is 1. The van der Waals surface area contributed by atoms with Crippen LogP contribution >= 0.6 is 11.3 Å². The number of nitrogens with zero attached hydrogens (tertiary/aromatic N) is 2. The van der Waals surface area contributed by atoms with E-state index in [-0.39, 0.29) is 11.8 Å². The topological polar surface area (TPSA) is 99.8 Å². The van der Waals surface area contributed by atoms with Crippen LogP contribution in [0.2, 0.25) is 0 Å². The van der Waals surface area contributed by atoms with Gasteiger partial charge in [-0.05, 0) is 47.5 Å². The highest BCUT2D eigenvalue weighted by molar-refractivity contribution is 7.17. The lowest BCUT2D eigenvalue weighted by Crippen LogP contribution is -2.10. The van der Waals surface area contributed by atoms with Crippen molar-refractivity contribution in [1.82, 2.24) is 15.0 Å². The predicted molar refractivity (Wildman–Crippen MR) is 136 cm³/mol. The SMILES string of the molecule is CC(=O)Nc1ncc(C(=O)Nc2cccc(-c3cccc(-c4nc5ccc(C(F)(F)F)cc5[nH]4)c3)c2)s1. The summed E-state index contributed by atoms with van der Waals surface area (Å²) in [5.41, 5.74) is 2.90. The van der Waals surface area contributed by atoms with Gasteiger partial charge in [0, 0.05) is 18.2 Å². The van der Waals surface area contributed by atoms with Crippen molar-refractivity contribution in [2.75, 3.05) is 10.6 Å². The van der Waals surface area contributed by atoms with Crippen LogP contribution in [0.5, 0.6) is 0 Å². The summed E-state index contributed by atoms with van der Waals surface area (Å²) in [7, 11) is 0. The third kappa shape index (κ3) is 5.36. The average Bonchev–Trinajstić information content (AvgIpc) is 3.50. The lowest BCUT2D eigenvalue weighted by Gasteiger charge is -2.08. The third-order valence-corrected chi connectivity index (χ3v) is 6.32. The number of halogens is 3. The number of thiazole rings is 1. The first-order chi connectivity index (χ1) is 17.7. The average molecular weight is 522 g/mol. The molecule has 0 bridgehead atoms. The number of hydrogen-bond acceptors (Lipinski definition) is 5. The molecule has 186 valence electrons. The van der Waals surface area contributed by atoms with Crippen LogP contribution in [-0.4, -0.2) is 26.8 Å². The second-order valence-corrected chi connectivity index (χ2v) is 9.17. The molecule has 3 aromatic carbocycles. The molecule has 5 rings (SSSR count). The van der Waals surface area contributed by atoms with Crippen LogP contribution in [0.15, 0.2) is 72.9 Å². The number of carbonyl (C=O) groups is 2. The Morgan fingerprint density at radius 1 is 0.919 bits per heavy atom. The summed E-state index contributed by atoms with van der Waals surface area (Å²) in [5, 5.41) is 5.70. The van der Waals surface area contributed by atoms with E-state index in [1.807, 2.05) is 30.3 Å². The Hall–Kier alpha value is -4.51. The molecule has 0 saturated carbocycles. The van der Waals surface area contributed by atoms with Crippen LogP contribution in [0, 0.1) is 0 Å². The van der Waals surface area contributed by atoms with Gasteiger partial charge >= 0.3 is 6.18 Å². The molecule has 37 heavy (non-hydrogen) atoms. The third-order valence-electron chi connectivity index (χ3n) is 5.41. The van der Waals surface area contributed by atoms with Gasteiger partial charge in [-0.25, -0.2) is 9.97 Å². The normalized spacial score (nSPS) is 11.5. The number of H-pyrrole nitrogens is 1. The summed E-state index contributed by atoms with van der Waals surface area (Å²) < 4.78 is 39.2. The zero-order valence-electron chi connectivity index (χ0n) is 19.2. The maximum Gasteiger partial charge on any atom is 0.416 e. The number of benzene rings is 3. The minimum atomic E-state index is -4.44. The molecular formula is C26H18F3N5O2S. The number of hydrogen-bond donors (Lipinski definition) is 3. The molecule has 0 fully saturated rings. The molecular weight excluding hydrogens is 503 g/mol. The Kier molecular flexibility index (Phi) is 6.22. The lowest BCUT2D eigenvalue weighted by molar-refractivity contribution is -0.137. The number of anilines is 2. The fraction of sp³-hybridized carbons (Fsp3) is 0.0769. The number of aromatic nitrogens is 3. The van der Waals surface area contributed by atoms with Crippen LogP contribution < -0.4 is 10.6 Å². The number of rotatable bonds is 5. The zero-order chi connectivity index (χ0) is 26.2. The maximum atomic E-state index is 13.1. The second kappa shape index (κ2) is 9.51. The van der Waals surface area contributed by atoms with Crippen LogP contribution in [0.3, 0.4) is 0 Å². The summed E-state index contributed by atoms with van der Waals surface area (Å²) in [5.74, 6) is -0.189. The van der Waals surface area contributed by atoms with E-state index in [2.05, 4.69) is 25.6 Å². The van der Waals surface area contributed by atoms with E-state index >= 15 is 0 Å². The van der Waals surface area contributed by atoms with Crippen molar-refractivity contribution in [2.45, 2.75) is 13.1 Å². The van der Waals surface area contributed by atoms with E-state index in [1.54, 1.807) is 18.2 Å². The summed E-state index contributed by atoms with van der Waals surface area (Å²) in [4.78, 5) is 35.6. The largest absolute Gasteiger partial charge is 0.416 e. The van der Waals surface area contributed by atoms with Gasteiger partial charge in [-0.2, -0.15) is 13.2 Å². The molecule has 0 unspecified atom stereocenters. The molecule has 0 aliphatic heterocycles. The molecule has 0 atom stereocenters. The summed E-state index contributed by atoms with van der Waals surface area (Å²) in [6.45, 7) is 1.36. The van der Waals surface area contributed by atoms with Gasteiger partial charge < -0.3 is 15.6 Å². The minimum absolute atomic E-state index is 0.273. The Labute approximate surface area is 212 Å². The highest BCUT2D eigenvalue weighted by Gasteiger charge is 2.30. The Balaban J connectivity index is 1.38. The number of alkyl halides is 3. The van der Waals surface area contributed by atoms with Crippen molar-refractivity contribution in [2.24, 2.45) is 0 Å². The van der Waals surface area contributed by atoms with E-state index in [9.17, 15) is 22.8 Å². The summed E-state index contributed by atoms with van der Waals surface area (Å²) in [6.07, 6.45) is -3.04. The maximum absolute atomic E-state index is 13.1. The lowest BCUT2D eigenvalue weighted by atomic mass is 10.0. The van der Waals surface area contributed by atoms with Crippen LogP contribution in [-0.2, 0) is 11.0 Å². The van der Waals surface area contributed by atoms with Gasteiger partial charge in [0.15, 0.2) is 5.13 Å². The van der Waals surface area contributed by atoms with Crippen molar-refractivity contribution < 1.29 is 22.8 Å². The van der Waals surface area contributed by atoms with E-state index in [1.165, 1.54) is 19.2 Å². The van der Waals surface area contributed by atoms with Gasteiger partial charge in [-0.15, -0.1) is 0 Å². The molecule has 11 heteroatoms. The number of aromatic amines is 1. The van der Waals surface area contributed by atoms with Gasteiger partial charge in [0.25, 0.3) is 5.91 Å². The molecule has 0 radical (unpaired) electrons. The summed E-state index contributed by atoms with van der Waals surface area (Å²) in [6, 6.07) is 18.0. The fourth-order valence-corrected chi connectivity index (χ4v) is 4.48.